The first-order valence-electron chi connectivity index (χ1n) is 7.22. The van der Waals surface area contributed by atoms with Crippen molar-refractivity contribution in [1.82, 2.24) is 0 Å². The van der Waals surface area contributed by atoms with Crippen molar-refractivity contribution in [1.29, 1.82) is 0 Å². The van der Waals surface area contributed by atoms with Gasteiger partial charge in [-0.1, -0.05) is 13.3 Å². The van der Waals surface area contributed by atoms with Crippen LogP contribution in [-0.2, 0) is 0 Å². The average Bonchev–Trinajstić information content (AvgIpc) is 2.48. The molecule has 0 aliphatic heterocycles. The highest BCUT2D eigenvalue weighted by Crippen LogP contribution is 2.33. The number of rotatable bonds is 5. The number of hydrogen-bond donors (Lipinski definition) is 1. The van der Waals surface area contributed by atoms with Crippen LogP contribution in [0.25, 0.3) is 0 Å². The van der Waals surface area contributed by atoms with Gasteiger partial charge in [-0.15, -0.1) is 0 Å². The highest BCUT2D eigenvalue weighted by atomic mass is 16.5. The molecule has 2 rings (SSSR count). The van der Waals surface area contributed by atoms with Crippen LogP contribution >= 0.6 is 0 Å². The van der Waals surface area contributed by atoms with E-state index in [1.807, 2.05) is 0 Å². The fourth-order valence-electron chi connectivity index (χ4n) is 2.74. The molecule has 0 radical (unpaired) electrons. The number of hydrogen-bond acceptors (Lipinski definition) is 3. The van der Waals surface area contributed by atoms with Crippen LogP contribution in [0.5, 0.6) is 11.5 Å². The van der Waals surface area contributed by atoms with Crippen LogP contribution in [0.1, 0.15) is 49.4 Å². The monoisotopic (exact) mass is 278 g/mol. The van der Waals surface area contributed by atoms with Crippen LogP contribution in [0.2, 0.25) is 0 Å². The molecule has 0 atom stereocenters. The van der Waals surface area contributed by atoms with Crippen molar-refractivity contribution in [2.24, 2.45) is 5.92 Å². The van der Waals surface area contributed by atoms with Crippen LogP contribution in [0.3, 0.4) is 0 Å². The minimum absolute atomic E-state index is 0.211. The van der Waals surface area contributed by atoms with Crippen molar-refractivity contribution in [2.75, 3.05) is 7.11 Å². The van der Waals surface area contributed by atoms with Gasteiger partial charge in [0.25, 0.3) is 0 Å². The lowest BCUT2D eigenvalue weighted by Crippen LogP contribution is -2.24. The summed E-state index contributed by atoms with van der Waals surface area (Å²) in [4.78, 5) is 10.9. The molecule has 4 nitrogen and oxygen atoms in total. The third-order valence-corrected chi connectivity index (χ3v) is 4.08. The second-order valence-corrected chi connectivity index (χ2v) is 5.34. The summed E-state index contributed by atoms with van der Waals surface area (Å²) >= 11 is 0. The first-order chi connectivity index (χ1) is 9.63. The summed E-state index contributed by atoms with van der Waals surface area (Å²) in [5.74, 6) is 0.990. The van der Waals surface area contributed by atoms with E-state index in [1.54, 1.807) is 12.1 Å². The standard InChI is InChI=1S/C16H22O4/c1-3-11-4-7-13(8-5-11)20-14-9-6-12(16(17)18)10-15(14)19-2/h6,9-11,13H,3-5,7-8H2,1-2H3,(H,17,18). The van der Waals surface area contributed by atoms with Crippen molar-refractivity contribution >= 4 is 5.97 Å². The lowest BCUT2D eigenvalue weighted by atomic mass is 9.86. The summed E-state index contributed by atoms with van der Waals surface area (Å²) in [5.41, 5.74) is 0.212. The van der Waals surface area contributed by atoms with Crippen LogP contribution in [0.15, 0.2) is 18.2 Å². The summed E-state index contributed by atoms with van der Waals surface area (Å²) in [6, 6.07) is 4.75. The molecule has 1 N–H and O–H groups in total. The maximum absolute atomic E-state index is 10.9. The molecular formula is C16H22O4. The lowest BCUT2D eigenvalue weighted by Gasteiger charge is -2.28. The number of ether oxygens (including phenoxy) is 2. The Morgan fingerprint density at radius 1 is 1.25 bits per heavy atom. The quantitative estimate of drug-likeness (QED) is 0.891. The second kappa shape index (κ2) is 6.64. The molecule has 1 aromatic rings. The third kappa shape index (κ3) is 3.44. The summed E-state index contributed by atoms with van der Waals surface area (Å²) < 4.78 is 11.2. The number of aromatic carboxylic acids is 1. The van der Waals surface area contributed by atoms with Gasteiger partial charge in [-0.2, -0.15) is 0 Å². The van der Waals surface area contributed by atoms with Gasteiger partial charge in [0.05, 0.1) is 18.8 Å². The Hall–Kier alpha value is -1.71. The predicted octanol–water partition coefficient (Wildman–Crippen LogP) is 3.74. The molecule has 1 fully saturated rings. The van der Waals surface area contributed by atoms with Gasteiger partial charge in [0.15, 0.2) is 11.5 Å². The fraction of sp³-hybridized carbons (Fsp3) is 0.562. The van der Waals surface area contributed by atoms with Gasteiger partial charge in [-0.3, -0.25) is 0 Å². The molecule has 0 spiro atoms. The average molecular weight is 278 g/mol. The van der Waals surface area contributed by atoms with E-state index in [4.69, 9.17) is 14.6 Å². The van der Waals surface area contributed by atoms with E-state index < -0.39 is 5.97 Å². The number of methoxy groups -OCH3 is 1. The zero-order valence-corrected chi connectivity index (χ0v) is 12.1. The Balaban J connectivity index is 2.04. The van der Waals surface area contributed by atoms with E-state index in [9.17, 15) is 4.79 Å². The van der Waals surface area contributed by atoms with Gasteiger partial charge in [-0.05, 0) is 49.8 Å². The van der Waals surface area contributed by atoms with Crippen molar-refractivity contribution in [3.8, 4) is 11.5 Å². The van der Waals surface area contributed by atoms with Crippen LogP contribution in [0.4, 0.5) is 0 Å². The minimum Gasteiger partial charge on any atom is -0.493 e. The topological polar surface area (TPSA) is 55.8 Å². The molecule has 0 bridgehead atoms. The number of carboxylic acids is 1. The molecule has 1 aromatic carbocycles. The van der Waals surface area contributed by atoms with E-state index in [0.717, 1.165) is 18.8 Å². The molecule has 110 valence electrons. The fourth-order valence-corrected chi connectivity index (χ4v) is 2.74. The molecule has 20 heavy (non-hydrogen) atoms. The van der Waals surface area contributed by atoms with E-state index >= 15 is 0 Å². The predicted molar refractivity (Wildman–Crippen MR) is 76.6 cm³/mol. The molecule has 0 aromatic heterocycles. The van der Waals surface area contributed by atoms with Gasteiger partial charge in [-0.25, -0.2) is 4.79 Å². The van der Waals surface area contributed by atoms with Crippen molar-refractivity contribution in [3.63, 3.8) is 0 Å². The lowest BCUT2D eigenvalue weighted by molar-refractivity contribution is 0.0696. The smallest absolute Gasteiger partial charge is 0.335 e. The van der Waals surface area contributed by atoms with E-state index in [0.29, 0.717) is 11.5 Å². The van der Waals surface area contributed by atoms with Crippen molar-refractivity contribution in [3.05, 3.63) is 23.8 Å². The Morgan fingerprint density at radius 3 is 2.50 bits per heavy atom. The number of carbonyl (C=O) groups is 1. The molecular weight excluding hydrogens is 256 g/mol. The van der Waals surface area contributed by atoms with Gasteiger partial charge in [0.1, 0.15) is 0 Å². The van der Waals surface area contributed by atoms with E-state index in [2.05, 4.69) is 6.92 Å². The maximum Gasteiger partial charge on any atom is 0.335 e. The minimum atomic E-state index is -0.960. The largest absolute Gasteiger partial charge is 0.493 e. The molecule has 0 unspecified atom stereocenters. The molecule has 4 heteroatoms. The first kappa shape index (κ1) is 14.7. The first-order valence-corrected chi connectivity index (χ1v) is 7.22. The number of benzene rings is 1. The van der Waals surface area contributed by atoms with Crippen molar-refractivity contribution < 1.29 is 19.4 Å². The summed E-state index contributed by atoms with van der Waals surface area (Å²) in [6.07, 6.45) is 5.98. The molecule has 0 saturated heterocycles. The van der Waals surface area contributed by atoms with Gasteiger partial charge in [0.2, 0.25) is 0 Å². The Labute approximate surface area is 119 Å². The van der Waals surface area contributed by atoms with Crippen LogP contribution in [-0.4, -0.2) is 24.3 Å². The Kier molecular flexibility index (Phi) is 4.88. The van der Waals surface area contributed by atoms with E-state index in [1.165, 1.54) is 32.4 Å². The highest BCUT2D eigenvalue weighted by molar-refractivity contribution is 5.88. The summed E-state index contributed by atoms with van der Waals surface area (Å²) in [7, 11) is 1.53. The molecule has 0 amide bonds. The Bertz CT molecular complexity index is 462. The summed E-state index contributed by atoms with van der Waals surface area (Å²) in [6.45, 7) is 2.24. The third-order valence-electron chi connectivity index (χ3n) is 4.08. The Morgan fingerprint density at radius 2 is 1.95 bits per heavy atom. The van der Waals surface area contributed by atoms with Gasteiger partial charge >= 0.3 is 5.97 Å². The summed E-state index contributed by atoms with van der Waals surface area (Å²) in [5, 5.41) is 8.98. The van der Waals surface area contributed by atoms with Gasteiger partial charge < -0.3 is 14.6 Å². The van der Waals surface area contributed by atoms with Crippen LogP contribution in [0, 0.1) is 5.92 Å². The maximum atomic E-state index is 10.9. The molecule has 1 saturated carbocycles. The van der Waals surface area contributed by atoms with Crippen LogP contribution < -0.4 is 9.47 Å². The SMILES string of the molecule is CCC1CCC(Oc2ccc(C(=O)O)cc2OC)CC1. The second-order valence-electron chi connectivity index (χ2n) is 5.34. The zero-order valence-electron chi connectivity index (χ0n) is 12.1. The van der Waals surface area contributed by atoms with Gasteiger partial charge in [0, 0.05) is 0 Å². The zero-order chi connectivity index (χ0) is 14.5. The van der Waals surface area contributed by atoms with Crippen molar-refractivity contribution in [2.45, 2.75) is 45.1 Å². The molecule has 1 aliphatic carbocycles. The molecule has 0 heterocycles. The van der Waals surface area contributed by atoms with E-state index in [-0.39, 0.29) is 11.7 Å². The molecule has 1 aliphatic rings. The normalized spacial score (nSPS) is 22.3. The highest BCUT2D eigenvalue weighted by Gasteiger charge is 2.22. The number of carboxylic acid groups (broad SMARTS) is 1.